The highest BCUT2D eigenvalue weighted by Crippen LogP contribution is 2.03. The van der Waals surface area contributed by atoms with Crippen LogP contribution in [0, 0.1) is 0 Å². The number of carbonyl (C=O) groups is 2. The van der Waals surface area contributed by atoms with Crippen molar-refractivity contribution in [2.75, 3.05) is 0 Å². The molecule has 0 aliphatic carbocycles. The second-order valence-corrected chi connectivity index (χ2v) is 2.98. The van der Waals surface area contributed by atoms with Gasteiger partial charge in [0.2, 0.25) is 0 Å². The number of rotatable bonds is 2. The first kappa shape index (κ1) is 12.5. The summed E-state index contributed by atoms with van der Waals surface area (Å²) in [5.41, 5.74) is 0.167. The van der Waals surface area contributed by atoms with Crippen molar-refractivity contribution in [3.05, 3.63) is 60.1 Å². The van der Waals surface area contributed by atoms with E-state index in [1.165, 1.54) is 24.3 Å². The first-order chi connectivity index (χ1) is 8.11. The van der Waals surface area contributed by atoms with Gasteiger partial charge in [-0.3, -0.25) is 0 Å². The van der Waals surface area contributed by atoms with Gasteiger partial charge >= 0.3 is 11.9 Å². The highest BCUT2D eigenvalue weighted by molar-refractivity contribution is 5.91. The van der Waals surface area contributed by atoms with E-state index in [1.807, 2.05) is 12.1 Å². The Morgan fingerprint density at radius 2 is 1.18 bits per heavy atom. The normalized spacial score (nSPS) is 8.94. The second-order valence-electron chi connectivity index (χ2n) is 2.98. The molecule has 5 nitrogen and oxygen atoms in total. The zero-order valence-electron chi connectivity index (χ0n) is 8.74. The summed E-state index contributed by atoms with van der Waals surface area (Å²) in [6.45, 7) is 0. The van der Waals surface area contributed by atoms with Crippen LogP contribution in [0.5, 0.6) is 0 Å². The van der Waals surface area contributed by atoms with Gasteiger partial charge in [0.05, 0.1) is 23.7 Å². The summed E-state index contributed by atoms with van der Waals surface area (Å²) >= 11 is 0. The predicted octanol–water partition coefficient (Wildman–Crippen LogP) is 2.36. The van der Waals surface area contributed by atoms with E-state index in [9.17, 15) is 9.59 Å². The van der Waals surface area contributed by atoms with Crippen molar-refractivity contribution in [2.24, 2.45) is 0 Å². The summed E-state index contributed by atoms with van der Waals surface area (Å²) in [6, 6.07) is 8.69. The minimum Gasteiger partial charge on any atom is -0.478 e. The first-order valence-corrected chi connectivity index (χ1v) is 4.65. The van der Waals surface area contributed by atoms with Crippen LogP contribution in [0.25, 0.3) is 0 Å². The average molecular weight is 234 g/mol. The van der Waals surface area contributed by atoms with Crippen molar-refractivity contribution in [3.8, 4) is 0 Å². The van der Waals surface area contributed by atoms with Crippen LogP contribution >= 0.6 is 0 Å². The Morgan fingerprint density at radius 3 is 1.35 bits per heavy atom. The van der Waals surface area contributed by atoms with Crippen LogP contribution in [0.1, 0.15) is 20.7 Å². The van der Waals surface area contributed by atoms with E-state index < -0.39 is 11.9 Å². The molecule has 0 spiro atoms. The quantitative estimate of drug-likeness (QED) is 0.832. The predicted molar refractivity (Wildman–Crippen MR) is 59.1 cm³/mol. The Balaban J connectivity index is 0.000000239. The van der Waals surface area contributed by atoms with Gasteiger partial charge in [0.1, 0.15) is 0 Å². The third-order valence-electron chi connectivity index (χ3n) is 1.80. The van der Waals surface area contributed by atoms with Gasteiger partial charge < -0.3 is 14.6 Å². The number of carboxylic acid groups (broad SMARTS) is 2. The van der Waals surface area contributed by atoms with E-state index in [1.54, 1.807) is 12.5 Å². The molecule has 0 aliphatic rings. The summed E-state index contributed by atoms with van der Waals surface area (Å²) in [7, 11) is 0. The van der Waals surface area contributed by atoms with Gasteiger partial charge in [-0.25, -0.2) is 9.59 Å². The number of hydrogen-bond acceptors (Lipinski definition) is 3. The van der Waals surface area contributed by atoms with Gasteiger partial charge in [0.15, 0.2) is 0 Å². The van der Waals surface area contributed by atoms with E-state index >= 15 is 0 Å². The molecule has 0 amide bonds. The van der Waals surface area contributed by atoms with E-state index in [0.29, 0.717) is 0 Å². The number of carboxylic acids is 2. The van der Waals surface area contributed by atoms with Crippen molar-refractivity contribution >= 4 is 11.9 Å². The Kier molecular flexibility index (Phi) is 4.50. The van der Waals surface area contributed by atoms with Crippen LogP contribution in [-0.4, -0.2) is 22.2 Å². The lowest BCUT2D eigenvalue weighted by Gasteiger charge is -1.94. The van der Waals surface area contributed by atoms with Crippen molar-refractivity contribution in [1.29, 1.82) is 0 Å². The van der Waals surface area contributed by atoms with E-state index in [4.69, 9.17) is 10.2 Å². The molecular weight excluding hydrogens is 224 g/mol. The molecule has 2 N–H and O–H groups in total. The Hall–Kier alpha value is -2.56. The zero-order chi connectivity index (χ0) is 12.7. The lowest BCUT2D eigenvalue weighted by atomic mass is 10.1. The summed E-state index contributed by atoms with van der Waals surface area (Å²) in [5.74, 6) is -2.13. The molecule has 1 aromatic carbocycles. The summed E-state index contributed by atoms with van der Waals surface area (Å²) in [5, 5.41) is 16.9. The fourth-order valence-electron chi connectivity index (χ4n) is 0.982. The van der Waals surface area contributed by atoms with Gasteiger partial charge in [0.25, 0.3) is 0 Å². The van der Waals surface area contributed by atoms with Crippen LogP contribution in [0.15, 0.2) is 53.3 Å². The minimum atomic E-state index is -1.06. The molecule has 1 aromatic heterocycles. The molecule has 0 atom stereocenters. The molecule has 88 valence electrons. The lowest BCUT2D eigenvalue weighted by molar-refractivity contribution is 0.0681. The van der Waals surface area contributed by atoms with Crippen molar-refractivity contribution in [3.63, 3.8) is 0 Å². The van der Waals surface area contributed by atoms with Crippen LogP contribution in [-0.2, 0) is 0 Å². The fourth-order valence-corrected chi connectivity index (χ4v) is 0.982. The highest BCUT2D eigenvalue weighted by Gasteiger charge is 2.04. The Labute approximate surface area is 96.9 Å². The monoisotopic (exact) mass is 234 g/mol. The van der Waals surface area contributed by atoms with Crippen molar-refractivity contribution in [2.45, 2.75) is 0 Å². The molecule has 1 heterocycles. The average Bonchev–Trinajstić information content (AvgIpc) is 2.87. The molecule has 0 fully saturated rings. The molecule has 0 unspecified atom stereocenters. The van der Waals surface area contributed by atoms with E-state index in [0.717, 1.165) is 0 Å². The smallest absolute Gasteiger partial charge is 0.335 e. The standard InChI is InChI=1S/C8H6O4.C4H4O/c9-7(10)5-1-2-6(4-3-5)8(11)12;1-2-4-5-3-1/h1-4H,(H,9,10)(H,11,12);1-4H. The van der Waals surface area contributed by atoms with Crippen LogP contribution in [0.3, 0.4) is 0 Å². The van der Waals surface area contributed by atoms with Crippen molar-refractivity contribution < 1.29 is 24.2 Å². The topological polar surface area (TPSA) is 87.7 Å². The SMILES string of the molecule is O=C(O)c1ccc(C(=O)O)cc1.c1ccoc1. The molecule has 0 radical (unpaired) electrons. The number of furan rings is 1. The zero-order valence-corrected chi connectivity index (χ0v) is 8.74. The van der Waals surface area contributed by atoms with Crippen LogP contribution in [0.2, 0.25) is 0 Å². The van der Waals surface area contributed by atoms with Crippen LogP contribution < -0.4 is 0 Å². The van der Waals surface area contributed by atoms with Crippen LogP contribution in [0.4, 0.5) is 0 Å². The molecular formula is C12H10O5. The van der Waals surface area contributed by atoms with E-state index in [2.05, 4.69) is 4.42 Å². The maximum atomic E-state index is 10.3. The molecule has 5 heteroatoms. The fraction of sp³-hybridized carbons (Fsp3) is 0. The maximum Gasteiger partial charge on any atom is 0.335 e. The molecule has 0 bridgehead atoms. The summed E-state index contributed by atoms with van der Waals surface area (Å²) in [4.78, 5) is 20.7. The molecule has 17 heavy (non-hydrogen) atoms. The third-order valence-corrected chi connectivity index (χ3v) is 1.80. The second kappa shape index (κ2) is 6.12. The Bertz CT molecular complexity index is 420. The van der Waals surface area contributed by atoms with Crippen molar-refractivity contribution in [1.82, 2.24) is 0 Å². The van der Waals surface area contributed by atoms with Gasteiger partial charge in [0, 0.05) is 0 Å². The summed E-state index contributed by atoms with van der Waals surface area (Å²) in [6.07, 6.45) is 3.25. The molecule has 0 aliphatic heterocycles. The minimum absolute atomic E-state index is 0.0833. The molecule has 2 rings (SSSR count). The number of benzene rings is 1. The number of aromatic carboxylic acids is 2. The first-order valence-electron chi connectivity index (χ1n) is 4.65. The molecule has 0 saturated carbocycles. The molecule has 0 saturated heterocycles. The van der Waals surface area contributed by atoms with Gasteiger partial charge in [-0.2, -0.15) is 0 Å². The van der Waals surface area contributed by atoms with Gasteiger partial charge in [-0.1, -0.05) is 0 Å². The largest absolute Gasteiger partial charge is 0.478 e. The summed E-state index contributed by atoms with van der Waals surface area (Å²) < 4.78 is 4.58. The Morgan fingerprint density at radius 1 is 0.824 bits per heavy atom. The highest BCUT2D eigenvalue weighted by atomic mass is 16.4. The maximum absolute atomic E-state index is 10.3. The third kappa shape index (κ3) is 4.21. The van der Waals surface area contributed by atoms with Gasteiger partial charge in [-0.05, 0) is 36.4 Å². The van der Waals surface area contributed by atoms with Gasteiger partial charge in [-0.15, -0.1) is 0 Å². The lowest BCUT2D eigenvalue weighted by Crippen LogP contribution is -1.99. The number of hydrogen-bond donors (Lipinski definition) is 2. The molecule has 2 aromatic rings. The van der Waals surface area contributed by atoms with E-state index in [-0.39, 0.29) is 11.1 Å².